The van der Waals surface area contributed by atoms with E-state index in [-0.39, 0.29) is 0 Å². The van der Waals surface area contributed by atoms with E-state index in [1.165, 1.54) is 11.1 Å². The largest absolute Gasteiger partial charge is 0.497 e. The van der Waals surface area contributed by atoms with Gasteiger partial charge in [-0.2, -0.15) is 0 Å². The van der Waals surface area contributed by atoms with Gasteiger partial charge in [0.2, 0.25) is 0 Å². The quantitative estimate of drug-likeness (QED) is 0.346. The molecule has 0 aliphatic rings. The van der Waals surface area contributed by atoms with Crippen molar-refractivity contribution in [3.63, 3.8) is 0 Å². The Morgan fingerprint density at radius 2 is 1.59 bits per heavy atom. The van der Waals surface area contributed by atoms with Gasteiger partial charge in [0.25, 0.3) is 0 Å². The summed E-state index contributed by atoms with van der Waals surface area (Å²) < 4.78 is 11.0. The lowest BCUT2D eigenvalue weighted by molar-refractivity contribution is 0.281. The molecule has 0 aromatic heterocycles. The van der Waals surface area contributed by atoms with Crippen molar-refractivity contribution in [2.24, 2.45) is 4.99 Å². The Bertz CT molecular complexity index is 728. The molecule has 29 heavy (non-hydrogen) atoms. The number of rotatable bonds is 11. The molecule has 0 aliphatic heterocycles. The maximum Gasteiger partial charge on any atom is 0.191 e. The fourth-order valence-electron chi connectivity index (χ4n) is 2.80. The van der Waals surface area contributed by atoms with Crippen LogP contribution in [-0.4, -0.2) is 58.8 Å². The van der Waals surface area contributed by atoms with Crippen LogP contribution in [0.3, 0.4) is 0 Å². The van der Waals surface area contributed by atoms with Crippen LogP contribution in [0.5, 0.6) is 11.5 Å². The summed E-state index contributed by atoms with van der Waals surface area (Å²) >= 11 is 0. The van der Waals surface area contributed by atoms with Crippen molar-refractivity contribution < 1.29 is 9.47 Å². The van der Waals surface area contributed by atoms with E-state index < -0.39 is 0 Å². The van der Waals surface area contributed by atoms with Crippen LogP contribution < -0.4 is 20.1 Å². The van der Waals surface area contributed by atoms with Crippen molar-refractivity contribution in [1.82, 2.24) is 15.5 Å². The van der Waals surface area contributed by atoms with Crippen molar-refractivity contribution >= 4 is 5.96 Å². The zero-order valence-corrected chi connectivity index (χ0v) is 18.1. The molecule has 6 nitrogen and oxygen atoms in total. The monoisotopic (exact) mass is 398 g/mol. The number of hydrogen-bond acceptors (Lipinski definition) is 4. The number of ether oxygens (including phenoxy) is 2. The molecule has 0 fully saturated rings. The summed E-state index contributed by atoms with van der Waals surface area (Å²) in [5, 5.41) is 6.70. The first-order valence-corrected chi connectivity index (χ1v) is 10.0. The van der Waals surface area contributed by atoms with E-state index in [1.54, 1.807) is 14.2 Å². The third kappa shape index (κ3) is 8.87. The number of aliphatic imine (C=N–C) groups is 1. The number of hydrogen-bond donors (Lipinski definition) is 2. The molecular weight excluding hydrogens is 364 g/mol. The summed E-state index contributed by atoms with van der Waals surface area (Å²) in [6.45, 7) is 3.29. The third-order valence-electron chi connectivity index (χ3n) is 4.49. The standard InChI is InChI=1S/C23H34N4O2/c1-24-23(25-15-14-19-6-10-21(28-4)11-7-19)26-18-20-8-12-22(13-9-20)29-17-5-16-27(2)3/h6-13H,5,14-18H2,1-4H3,(H2,24,25,26). The summed E-state index contributed by atoms with van der Waals surface area (Å²) in [7, 11) is 7.61. The van der Waals surface area contributed by atoms with Gasteiger partial charge in [-0.15, -0.1) is 0 Å². The molecule has 2 aromatic rings. The number of guanidine groups is 1. The Kier molecular flexibility index (Phi) is 9.86. The molecule has 0 radical (unpaired) electrons. The summed E-state index contributed by atoms with van der Waals surface area (Å²) in [5.74, 6) is 2.58. The fraction of sp³-hybridized carbons (Fsp3) is 0.435. The van der Waals surface area contributed by atoms with Gasteiger partial charge >= 0.3 is 0 Å². The molecule has 2 N–H and O–H groups in total. The molecule has 2 aromatic carbocycles. The van der Waals surface area contributed by atoms with E-state index >= 15 is 0 Å². The number of benzene rings is 2. The number of nitrogens with zero attached hydrogens (tertiary/aromatic N) is 2. The van der Waals surface area contributed by atoms with Gasteiger partial charge in [0.05, 0.1) is 13.7 Å². The van der Waals surface area contributed by atoms with E-state index in [0.717, 1.165) is 50.0 Å². The van der Waals surface area contributed by atoms with Crippen LogP contribution >= 0.6 is 0 Å². The molecule has 2 rings (SSSR count). The highest BCUT2D eigenvalue weighted by Gasteiger charge is 2.01. The molecule has 6 heteroatoms. The average molecular weight is 399 g/mol. The predicted molar refractivity (Wildman–Crippen MR) is 120 cm³/mol. The Hall–Kier alpha value is -2.73. The van der Waals surface area contributed by atoms with Crippen LogP contribution in [0.25, 0.3) is 0 Å². The fourth-order valence-corrected chi connectivity index (χ4v) is 2.80. The SMILES string of the molecule is CN=C(NCCc1ccc(OC)cc1)NCc1ccc(OCCCN(C)C)cc1. The van der Waals surface area contributed by atoms with Gasteiger partial charge in [0, 0.05) is 26.7 Å². The van der Waals surface area contributed by atoms with E-state index in [2.05, 4.69) is 58.9 Å². The van der Waals surface area contributed by atoms with Gasteiger partial charge in [-0.25, -0.2) is 0 Å². The molecule has 0 heterocycles. The molecule has 0 atom stereocenters. The molecule has 0 saturated carbocycles. The summed E-state index contributed by atoms with van der Waals surface area (Å²) in [6, 6.07) is 16.3. The molecule has 0 aliphatic carbocycles. The normalized spacial score (nSPS) is 11.4. The molecule has 0 spiro atoms. The van der Waals surface area contributed by atoms with Gasteiger partial charge < -0.3 is 25.0 Å². The van der Waals surface area contributed by atoms with Crippen molar-refractivity contribution in [2.75, 3.05) is 47.9 Å². The van der Waals surface area contributed by atoms with Crippen LogP contribution in [0.2, 0.25) is 0 Å². The lowest BCUT2D eigenvalue weighted by atomic mass is 10.1. The highest BCUT2D eigenvalue weighted by atomic mass is 16.5. The van der Waals surface area contributed by atoms with E-state index in [9.17, 15) is 0 Å². The molecule has 0 saturated heterocycles. The molecule has 158 valence electrons. The lowest BCUT2D eigenvalue weighted by Gasteiger charge is -2.13. The molecular formula is C23H34N4O2. The van der Waals surface area contributed by atoms with E-state index in [0.29, 0.717) is 6.54 Å². The zero-order valence-electron chi connectivity index (χ0n) is 18.1. The predicted octanol–water partition coefficient (Wildman–Crippen LogP) is 2.93. The van der Waals surface area contributed by atoms with E-state index in [4.69, 9.17) is 9.47 Å². The first-order valence-electron chi connectivity index (χ1n) is 10.0. The van der Waals surface area contributed by atoms with Crippen LogP contribution in [0.4, 0.5) is 0 Å². The minimum absolute atomic E-state index is 0.711. The van der Waals surface area contributed by atoms with Gasteiger partial charge in [-0.1, -0.05) is 24.3 Å². The topological polar surface area (TPSA) is 58.1 Å². The van der Waals surface area contributed by atoms with Gasteiger partial charge in [-0.3, -0.25) is 4.99 Å². The summed E-state index contributed by atoms with van der Waals surface area (Å²) in [5.41, 5.74) is 2.44. The van der Waals surface area contributed by atoms with E-state index in [1.807, 2.05) is 24.3 Å². The molecule has 0 bridgehead atoms. The minimum atomic E-state index is 0.711. The lowest BCUT2D eigenvalue weighted by Crippen LogP contribution is -2.37. The maximum absolute atomic E-state index is 5.78. The van der Waals surface area contributed by atoms with Crippen LogP contribution in [0, 0.1) is 0 Å². The van der Waals surface area contributed by atoms with Gasteiger partial charge in [0.15, 0.2) is 5.96 Å². The second-order valence-corrected chi connectivity index (χ2v) is 7.10. The summed E-state index contributed by atoms with van der Waals surface area (Å²) in [6.07, 6.45) is 1.94. The van der Waals surface area contributed by atoms with Crippen molar-refractivity contribution in [2.45, 2.75) is 19.4 Å². The van der Waals surface area contributed by atoms with Crippen LogP contribution in [0.15, 0.2) is 53.5 Å². The minimum Gasteiger partial charge on any atom is -0.497 e. The molecule has 0 amide bonds. The Morgan fingerprint density at radius 3 is 2.21 bits per heavy atom. The Morgan fingerprint density at radius 1 is 0.931 bits per heavy atom. The number of nitrogens with one attached hydrogen (secondary N) is 2. The first-order chi connectivity index (χ1) is 14.1. The second-order valence-electron chi connectivity index (χ2n) is 7.10. The molecule has 0 unspecified atom stereocenters. The van der Waals surface area contributed by atoms with Crippen molar-refractivity contribution in [3.05, 3.63) is 59.7 Å². The highest BCUT2D eigenvalue weighted by molar-refractivity contribution is 5.79. The second kappa shape index (κ2) is 12.7. The third-order valence-corrected chi connectivity index (χ3v) is 4.49. The average Bonchev–Trinajstić information content (AvgIpc) is 2.75. The van der Waals surface area contributed by atoms with Crippen molar-refractivity contribution in [1.29, 1.82) is 0 Å². The highest BCUT2D eigenvalue weighted by Crippen LogP contribution is 2.13. The van der Waals surface area contributed by atoms with Gasteiger partial charge in [-0.05, 0) is 62.3 Å². The Labute approximate surface area is 174 Å². The smallest absolute Gasteiger partial charge is 0.191 e. The Balaban J connectivity index is 1.68. The zero-order chi connectivity index (χ0) is 20.9. The maximum atomic E-state index is 5.78. The summed E-state index contributed by atoms with van der Waals surface area (Å²) in [4.78, 5) is 6.45. The van der Waals surface area contributed by atoms with Crippen molar-refractivity contribution in [3.8, 4) is 11.5 Å². The van der Waals surface area contributed by atoms with Crippen LogP contribution in [-0.2, 0) is 13.0 Å². The number of methoxy groups -OCH3 is 1. The van der Waals surface area contributed by atoms with Gasteiger partial charge in [0.1, 0.15) is 11.5 Å². The first kappa shape index (κ1) is 22.6. The van der Waals surface area contributed by atoms with Crippen LogP contribution in [0.1, 0.15) is 17.5 Å².